The lowest BCUT2D eigenvalue weighted by molar-refractivity contribution is 0.0505. The van der Waals surface area contributed by atoms with Gasteiger partial charge in [0.05, 0.1) is 6.61 Å². The fraction of sp³-hybridized carbons (Fsp3) is 0.571. The van der Waals surface area contributed by atoms with Gasteiger partial charge >= 0.3 is 0 Å². The molecule has 1 aliphatic heterocycles. The molecule has 1 aromatic carbocycles. The van der Waals surface area contributed by atoms with Crippen molar-refractivity contribution in [1.82, 2.24) is 10.2 Å². The first-order valence-electron chi connectivity index (χ1n) is 6.35. The van der Waals surface area contributed by atoms with E-state index in [9.17, 15) is 9.50 Å². The topological polar surface area (TPSA) is 35.5 Å². The highest BCUT2D eigenvalue weighted by atomic mass is 19.1. The van der Waals surface area contributed by atoms with E-state index in [1.807, 2.05) is 6.07 Å². The monoisotopic (exact) mass is 252 g/mol. The third-order valence-corrected chi connectivity index (χ3v) is 3.47. The highest BCUT2D eigenvalue weighted by molar-refractivity contribution is 5.17. The van der Waals surface area contributed by atoms with Crippen molar-refractivity contribution >= 4 is 0 Å². The van der Waals surface area contributed by atoms with Crippen molar-refractivity contribution in [3.63, 3.8) is 0 Å². The van der Waals surface area contributed by atoms with E-state index >= 15 is 0 Å². The Morgan fingerprint density at radius 1 is 1.44 bits per heavy atom. The lowest BCUT2D eigenvalue weighted by Crippen LogP contribution is -2.62. The Kier molecular flexibility index (Phi) is 4.00. The molecule has 0 bridgehead atoms. The fourth-order valence-corrected chi connectivity index (χ4v) is 2.43. The predicted molar refractivity (Wildman–Crippen MR) is 69.8 cm³/mol. The first-order chi connectivity index (χ1) is 8.52. The fourth-order valence-electron chi connectivity index (χ4n) is 2.43. The van der Waals surface area contributed by atoms with Crippen molar-refractivity contribution in [2.75, 3.05) is 19.7 Å². The molecule has 0 saturated carbocycles. The Morgan fingerprint density at radius 3 is 2.83 bits per heavy atom. The number of benzene rings is 1. The molecule has 0 radical (unpaired) electrons. The molecule has 1 saturated heterocycles. The van der Waals surface area contributed by atoms with Gasteiger partial charge in [0.2, 0.25) is 0 Å². The van der Waals surface area contributed by atoms with Crippen LogP contribution in [0.4, 0.5) is 4.39 Å². The number of halogens is 1. The van der Waals surface area contributed by atoms with Gasteiger partial charge in [-0.25, -0.2) is 4.39 Å². The van der Waals surface area contributed by atoms with E-state index in [4.69, 9.17) is 0 Å². The van der Waals surface area contributed by atoms with Crippen LogP contribution in [-0.4, -0.2) is 41.3 Å². The van der Waals surface area contributed by atoms with Gasteiger partial charge < -0.3 is 10.4 Å². The van der Waals surface area contributed by atoms with Crippen molar-refractivity contribution in [2.45, 2.75) is 32.0 Å². The molecular formula is C14H21FN2O. The summed E-state index contributed by atoms with van der Waals surface area (Å²) in [6.45, 7) is 6.41. The van der Waals surface area contributed by atoms with E-state index in [-0.39, 0.29) is 24.0 Å². The number of aliphatic hydroxyl groups excluding tert-OH is 1. The van der Waals surface area contributed by atoms with E-state index in [2.05, 4.69) is 24.1 Å². The zero-order chi connectivity index (χ0) is 13.2. The molecule has 2 N–H and O–H groups in total. The molecule has 0 aromatic heterocycles. The molecule has 0 amide bonds. The molecular weight excluding hydrogens is 231 g/mol. The molecule has 1 aliphatic rings. The highest BCUT2D eigenvalue weighted by Gasteiger charge is 2.32. The van der Waals surface area contributed by atoms with Gasteiger partial charge in [-0.2, -0.15) is 0 Å². The molecule has 1 aromatic rings. The number of nitrogens with zero attached hydrogens (tertiary/aromatic N) is 1. The van der Waals surface area contributed by atoms with Crippen LogP contribution in [0.3, 0.4) is 0 Å². The Bertz CT molecular complexity index is 409. The minimum absolute atomic E-state index is 0.00305. The predicted octanol–water partition coefficient (Wildman–Crippen LogP) is 1.37. The maximum Gasteiger partial charge on any atom is 0.127 e. The van der Waals surface area contributed by atoms with Gasteiger partial charge in [0, 0.05) is 36.8 Å². The van der Waals surface area contributed by atoms with E-state index < -0.39 is 0 Å². The quantitative estimate of drug-likeness (QED) is 0.853. The van der Waals surface area contributed by atoms with Crippen LogP contribution in [0.25, 0.3) is 0 Å². The van der Waals surface area contributed by atoms with Crippen LogP contribution in [0.1, 0.15) is 19.4 Å². The molecule has 0 aliphatic carbocycles. The maximum absolute atomic E-state index is 13.7. The SMILES string of the molecule is CC1(C)CN(Cc2ccccc2F)C(CO)CN1. The van der Waals surface area contributed by atoms with Crippen LogP contribution < -0.4 is 5.32 Å². The standard InChI is InChI=1S/C14H21FN2O/c1-14(2)10-17(12(9-18)7-16-14)8-11-5-3-4-6-13(11)15/h3-6,12,16,18H,7-10H2,1-2H3. The maximum atomic E-state index is 13.7. The van der Waals surface area contributed by atoms with Crippen LogP contribution in [0.5, 0.6) is 0 Å². The van der Waals surface area contributed by atoms with Gasteiger partial charge in [0.1, 0.15) is 5.82 Å². The summed E-state index contributed by atoms with van der Waals surface area (Å²) < 4.78 is 13.7. The molecule has 1 atom stereocenters. The van der Waals surface area contributed by atoms with Crippen molar-refractivity contribution in [1.29, 1.82) is 0 Å². The first-order valence-corrected chi connectivity index (χ1v) is 6.35. The van der Waals surface area contributed by atoms with Crippen molar-refractivity contribution in [2.24, 2.45) is 0 Å². The van der Waals surface area contributed by atoms with Crippen LogP contribution in [-0.2, 0) is 6.54 Å². The molecule has 0 spiro atoms. The number of aliphatic hydroxyl groups is 1. The highest BCUT2D eigenvalue weighted by Crippen LogP contribution is 2.19. The number of hydrogen-bond donors (Lipinski definition) is 2. The second-order valence-electron chi connectivity index (χ2n) is 5.60. The largest absolute Gasteiger partial charge is 0.395 e. The molecule has 4 heteroatoms. The van der Waals surface area contributed by atoms with Gasteiger partial charge in [0.25, 0.3) is 0 Å². The van der Waals surface area contributed by atoms with Crippen molar-refractivity contribution in [3.8, 4) is 0 Å². The molecule has 100 valence electrons. The van der Waals surface area contributed by atoms with Gasteiger partial charge in [0.15, 0.2) is 0 Å². The van der Waals surface area contributed by atoms with Crippen LogP contribution in [0, 0.1) is 5.82 Å². The third kappa shape index (κ3) is 3.07. The summed E-state index contributed by atoms with van der Waals surface area (Å²) in [6.07, 6.45) is 0. The van der Waals surface area contributed by atoms with Gasteiger partial charge in [-0.3, -0.25) is 4.90 Å². The van der Waals surface area contributed by atoms with Crippen LogP contribution >= 0.6 is 0 Å². The summed E-state index contributed by atoms with van der Waals surface area (Å²) in [5.74, 6) is -0.175. The molecule has 1 fully saturated rings. The lowest BCUT2D eigenvalue weighted by Gasteiger charge is -2.44. The van der Waals surface area contributed by atoms with Crippen molar-refractivity contribution < 1.29 is 9.50 Å². The number of hydrogen-bond acceptors (Lipinski definition) is 3. The zero-order valence-electron chi connectivity index (χ0n) is 11.0. The second kappa shape index (κ2) is 5.34. The average Bonchev–Trinajstić information content (AvgIpc) is 2.31. The molecule has 1 heterocycles. The summed E-state index contributed by atoms with van der Waals surface area (Å²) in [7, 11) is 0. The Balaban J connectivity index is 2.12. The van der Waals surface area contributed by atoms with Gasteiger partial charge in [-0.05, 0) is 19.9 Å². The number of piperazine rings is 1. The first kappa shape index (κ1) is 13.5. The van der Waals surface area contributed by atoms with E-state index in [0.717, 1.165) is 13.1 Å². The average molecular weight is 252 g/mol. The number of nitrogens with one attached hydrogen (secondary N) is 1. The summed E-state index contributed by atoms with van der Waals surface area (Å²) in [5.41, 5.74) is 0.686. The minimum atomic E-state index is -0.175. The van der Waals surface area contributed by atoms with E-state index in [0.29, 0.717) is 12.1 Å². The summed E-state index contributed by atoms with van der Waals surface area (Å²) >= 11 is 0. The van der Waals surface area contributed by atoms with E-state index in [1.54, 1.807) is 12.1 Å². The van der Waals surface area contributed by atoms with E-state index in [1.165, 1.54) is 6.07 Å². The molecule has 3 nitrogen and oxygen atoms in total. The summed E-state index contributed by atoms with van der Waals surface area (Å²) in [6, 6.07) is 6.89. The normalized spacial score (nSPS) is 24.1. The lowest BCUT2D eigenvalue weighted by atomic mass is 9.98. The smallest absolute Gasteiger partial charge is 0.127 e. The molecule has 18 heavy (non-hydrogen) atoms. The minimum Gasteiger partial charge on any atom is -0.395 e. The zero-order valence-corrected chi connectivity index (χ0v) is 11.0. The molecule has 2 rings (SSSR count). The Morgan fingerprint density at radius 2 is 2.17 bits per heavy atom. The van der Waals surface area contributed by atoms with Gasteiger partial charge in [-0.1, -0.05) is 18.2 Å². The Labute approximate surface area is 108 Å². The second-order valence-corrected chi connectivity index (χ2v) is 5.60. The van der Waals surface area contributed by atoms with Crippen LogP contribution in [0.15, 0.2) is 24.3 Å². The number of rotatable bonds is 3. The third-order valence-electron chi connectivity index (χ3n) is 3.47. The Hall–Kier alpha value is -0.970. The molecule has 1 unspecified atom stereocenters. The van der Waals surface area contributed by atoms with Crippen LogP contribution in [0.2, 0.25) is 0 Å². The van der Waals surface area contributed by atoms with Crippen molar-refractivity contribution in [3.05, 3.63) is 35.6 Å². The summed E-state index contributed by atoms with van der Waals surface area (Å²) in [4.78, 5) is 2.15. The summed E-state index contributed by atoms with van der Waals surface area (Å²) in [5, 5.41) is 12.8. The van der Waals surface area contributed by atoms with Gasteiger partial charge in [-0.15, -0.1) is 0 Å².